The van der Waals surface area contributed by atoms with Crippen molar-refractivity contribution in [3.05, 3.63) is 23.5 Å². The van der Waals surface area contributed by atoms with E-state index in [2.05, 4.69) is 0 Å². The Morgan fingerprint density at radius 3 is 2.32 bits per heavy atom. The Bertz CT molecular complexity index is 520. The number of carbonyl (C=O) groups is 2. The Hall–Kier alpha value is -1.62. The highest BCUT2D eigenvalue weighted by Gasteiger charge is 2.42. The van der Waals surface area contributed by atoms with E-state index in [4.69, 9.17) is 9.84 Å². The van der Waals surface area contributed by atoms with Crippen LogP contribution in [0.2, 0.25) is 0 Å². The van der Waals surface area contributed by atoms with Gasteiger partial charge in [0.25, 0.3) is 0 Å². The molecule has 1 saturated heterocycles. The molecule has 0 spiro atoms. The first-order chi connectivity index (χ1) is 8.82. The minimum atomic E-state index is -1.03. The van der Waals surface area contributed by atoms with Crippen LogP contribution >= 0.6 is 0 Å². The van der Waals surface area contributed by atoms with E-state index in [1.165, 1.54) is 10.6 Å². The van der Waals surface area contributed by atoms with Gasteiger partial charge < -0.3 is 14.4 Å². The van der Waals surface area contributed by atoms with Crippen molar-refractivity contribution < 1.29 is 19.4 Å². The highest BCUT2D eigenvalue weighted by atomic mass is 16.5. The van der Waals surface area contributed by atoms with Crippen LogP contribution < -0.4 is 0 Å². The Morgan fingerprint density at radius 2 is 1.89 bits per heavy atom. The molecule has 1 aromatic heterocycles. The molecule has 4 atom stereocenters. The lowest BCUT2D eigenvalue weighted by Gasteiger charge is -2.16. The summed E-state index contributed by atoms with van der Waals surface area (Å²) in [4.78, 5) is 23.5. The third-order valence-corrected chi connectivity index (χ3v) is 4.05. The summed E-state index contributed by atoms with van der Waals surface area (Å²) in [5.41, 5.74) is 0.567. The first-order valence-corrected chi connectivity index (χ1v) is 6.42. The van der Waals surface area contributed by atoms with Crippen molar-refractivity contribution in [1.82, 2.24) is 4.57 Å². The number of rotatable bonds is 3. The number of carbonyl (C=O) groups excluding carboxylic acids is 1. The van der Waals surface area contributed by atoms with Crippen molar-refractivity contribution in [2.75, 3.05) is 0 Å². The van der Waals surface area contributed by atoms with Crippen LogP contribution in [0.4, 0.5) is 0 Å². The lowest BCUT2D eigenvalue weighted by atomic mass is 9.84. The average molecular weight is 265 g/mol. The molecule has 19 heavy (non-hydrogen) atoms. The maximum Gasteiger partial charge on any atom is 0.352 e. The molecular formula is C14H19NO4. The smallest absolute Gasteiger partial charge is 0.352 e. The minimum Gasteiger partial charge on any atom is -0.477 e. The Morgan fingerprint density at radius 1 is 1.26 bits per heavy atom. The van der Waals surface area contributed by atoms with Crippen LogP contribution in [0.1, 0.15) is 41.6 Å². The molecule has 1 aromatic rings. The minimum absolute atomic E-state index is 0.0348. The van der Waals surface area contributed by atoms with Crippen LogP contribution in [0.3, 0.4) is 0 Å². The van der Waals surface area contributed by atoms with Gasteiger partial charge in [0, 0.05) is 18.8 Å². The molecule has 2 rings (SSSR count). The first kappa shape index (κ1) is 13.8. The predicted molar refractivity (Wildman–Crippen MR) is 69.4 cm³/mol. The molecule has 0 radical (unpaired) electrons. The summed E-state index contributed by atoms with van der Waals surface area (Å²) in [5.74, 6) is -1.14. The number of hydrogen-bond acceptors (Lipinski definition) is 3. The van der Waals surface area contributed by atoms with E-state index in [0.29, 0.717) is 5.56 Å². The number of aromatic carboxylic acids is 1. The predicted octanol–water partition coefficient (Wildman–Crippen LogP) is 1.97. The summed E-state index contributed by atoms with van der Waals surface area (Å²) in [7, 11) is 1.63. The second kappa shape index (κ2) is 4.81. The topological polar surface area (TPSA) is 68.5 Å². The van der Waals surface area contributed by atoms with Gasteiger partial charge in [0.15, 0.2) is 5.78 Å². The molecule has 0 amide bonds. The van der Waals surface area contributed by atoms with Gasteiger partial charge >= 0.3 is 5.97 Å². The van der Waals surface area contributed by atoms with Crippen molar-refractivity contribution in [1.29, 1.82) is 0 Å². The van der Waals surface area contributed by atoms with Gasteiger partial charge in [-0.25, -0.2) is 4.79 Å². The monoisotopic (exact) mass is 265 g/mol. The van der Waals surface area contributed by atoms with Crippen LogP contribution in [0, 0.1) is 11.8 Å². The van der Waals surface area contributed by atoms with Crippen molar-refractivity contribution in [3.63, 3.8) is 0 Å². The van der Waals surface area contributed by atoms with Gasteiger partial charge in [-0.15, -0.1) is 0 Å². The second-order valence-electron chi connectivity index (χ2n) is 5.33. The molecular weight excluding hydrogens is 246 g/mol. The fraction of sp³-hybridized carbons (Fsp3) is 0.571. The van der Waals surface area contributed by atoms with E-state index < -0.39 is 5.97 Å². The zero-order valence-corrected chi connectivity index (χ0v) is 11.6. The molecule has 104 valence electrons. The Balaban J connectivity index is 2.30. The third-order valence-electron chi connectivity index (χ3n) is 4.05. The number of ketones is 1. The molecule has 0 aliphatic carbocycles. The molecule has 4 unspecified atom stereocenters. The van der Waals surface area contributed by atoms with E-state index in [-0.39, 0.29) is 35.5 Å². The summed E-state index contributed by atoms with van der Waals surface area (Å²) in [6.45, 7) is 5.85. The largest absolute Gasteiger partial charge is 0.477 e. The molecule has 5 heteroatoms. The Kier molecular flexibility index (Phi) is 3.49. The molecule has 0 saturated carbocycles. The summed E-state index contributed by atoms with van der Waals surface area (Å²) in [6, 6.07) is 1.44. The van der Waals surface area contributed by atoms with Crippen LogP contribution in [0.25, 0.3) is 0 Å². The maximum atomic E-state index is 12.5. The highest BCUT2D eigenvalue weighted by molar-refractivity contribution is 6.00. The quantitative estimate of drug-likeness (QED) is 0.848. The van der Waals surface area contributed by atoms with Gasteiger partial charge in [-0.3, -0.25) is 4.79 Å². The van der Waals surface area contributed by atoms with Gasteiger partial charge in [0.1, 0.15) is 5.69 Å². The van der Waals surface area contributed by atoms with E-state index in [1.54, 1.807) is 13.2 Å². The van der Waals surface area contributed by atoms with Crippen molar-refractivity contribution in [2.45, 2.75) is 33.0 Å². The average Bonchev–Trinajstić information content (AvgIpc) is 2.81. The van der Waals surface area contributed by atoms with Crippen molar-refractivity contribution >= 4 is 11.8 Å². The zero-order chi connectivity index (χ0) is 14.3. The van der Waals surface area contributed by atoms with Crippen LogP contribution in [0.5, 0.6) is 0 Å². The number of hydrogen-bond donors (Lipinski definition) is 1. The maximum absolute atomic E-state index is 12.5. The fourth-order valence-electron chi connectivity index (χ4n) is 2.82. The molecule has 1 aliphatic heterocycles. The summed E-state index contributed by atoms with van der Waals surface area (Å²) >= 11 is 0. The van der Waals surface area contributed by atoms with E-state index in [0.717, 1.165) is 0 Å². The summed E-state index contributed by atoms with van der Waals surface area (Å²) in [5, 5.41) is 9.02. The summed E-state index contributed by atoms with van der Waals surface area (Å²) in [6.07, 6.45) is 1.49. The number of carboxylic acids is 1. The number of Topliss-reactive ketones (excluding diaryl/α,β-unsaturated/α-hetero) is 1. The van der Waals surface area contributed by atoms with Gasteiger partial charge in [-0.05, 0) is 25.8 Å². The second-order valence-corrected chi connectivity index (χ2v) is 5.33. The highest BCUT2D eigenvalue weighted by Crippen LogP contribution is 2.34. The van der Waals surface area contributed by atoms with Crippen LogP contribution in [-0.4, -0.2) is 33.6 Å². The number of nitrogens with zero attached hydrogens (tertiary/aromatic N) is 1. The van der Waals surface area contributed by atoms with Crippen LogP contribution in [0.15, 0.2) is 12.3 Å². The lowest BCUT2D eigenvalue weighted by Crippen LogP contribution is -2.26. The molecule has 1 fully saturated rings. The van der Waals surface area contributed by atoms with Crippen molar-refractivity contribution in [2.24, 2.45) is 18.9 Å². The molecule has 5 nitrogen and oxygen atoms in total. The molecule has 2 heterocycles. The molecule has 1 aliphatic rings. The van der Waals surface area contributed by atoms with Gasteiger partial charge in [0.2, 0.25) is 0 Å². The third kappa shape index (κ3) is 2.30. The fourth-order valence-corrected chi connectivity index (χ4v) is 2.82. The van der Waals surface area contributed by atoms with Gasteiger partial charge in [-0.2, -0.15) is 0 Å². The van der Waals surface area contributed by atoms with Crippen molar-refractivity contribution in [3.8, 4) is 0 Å². The number of carboxylic acid groups (broad SMARTS) is 1. The number of aryl methyl sites for hydroxylation is 1. The standard InChI is InChI=1S/C14H19NO4/c1-7-8(2)19-9(3)12(7)13(16)10-5-11(14(17)18)15(4)6-10/h5-9,12H,1-4H3,(H,17,18). The lowest BCUT2D eigenvalue weighted by molar-refractivity contribution is 0.0491. The molecule has 0 bridgehead atoms. The van der Waals surface area contributed by atoms with E-state index in [1.807, 2.05) is 20.8 Å². The normalized spacial score (nSPS) is 30.5. The SMILES string of the molecule is CC1OC(C)C(C(=O)c2cc(C(=O)O)n(C)c2)C1C. The Labute approximate surface area is 112 Å². The van der Waals surface area contributed by atoms with E-state index in [9.17, 15) is 9.59 Å². The van der Waals surface area contributed by atoms with E-state index >= 15 is 0 Å². The van der Waals surface area contributed by atoms with Gasteiger partial charge in [-0.1, -0.05) is 6.92 Å². The zero-order valence-electron chi connectivity index (χ0n) is 11.6. The van der Waals surface area contributed by atoms with Crippen LogP contribution in [-0.2, 0) is 11.8 Å². The molecule has 1 N–H and O–H groups in total. The summed E-state index contributed by atoms with van der Waals surface area (Å²) < 4.78 is 7.13. The molecule has 0 aromatic carbocycles. The van der Waals surface area contributed by atoms with Gasteiger partial charge in [0.05, 0.1) is 18.1 Å². The number of ether oxygens (including phenoxy) is 1. The number of aromatic nitrogens is 1. The first-order valence-electron chi connectivity index (χ1n) is 6.42.